The van der Waals surface area contributed by atoms with Gasteiger partial charge in [-0.25, -0.2) is 4.98 Å². The Balaban J connectivity index is 1.64. The molecule has 28 heavy (non-hydrogen) atoms. The Hall–Kier alpha value is -3.12. The van der Waals surface area contributed by atoms with Gasteiger partial charge in [0.25, 0.3) is 5.91 Å². The first kappa shape index (κ1) is 18.3. The zero-order valence-corrected chi connectivity index (χ0v) is 16.9. The van der Waals surface area contributed by atoms with E-state index in [1.54, 1.807) is 13.2 Å². The number of nitrogens with zero attached hydrogens (tertiary/aromatic N) is 1. The van der Waals surface area contributed by atoms with Crippen LogP contribution in [-0.4, -0.2) is 18.0 Å². The molecular weight excluding hydrogens is 420 g/mol. The fourth-order valence-electron chi connectivity index (χ4n) is 3.09. The number of nitrogens with one attached hydrogen (secondary N) is 1. The summed E-state index contributed by atoms with van der Waals surface area (Å²) in [6.07, 6.45) is 0. The fraction of sp³-hybridized carbons (Fsp3) is 0.0909. The minimum Gasteiger partial charge on any atom is -0.496 e. The van der Waals surface area contributed by atoms with Gasteiger partial charge >= 0.3 is 0 Å². The lowest BCUT2D eigenvalue weighted by Crippen LogP contribution is -2.14. The van der Waals surface area contributed by atoms with Crippen LogP contribution in [0.3, 0.4) is 0 Å². The predicted molar refractivity (Wildman–Crippen MR) is 113 cm³/mol. The Bertz CT molecular complexity index is 1150. The molecule has 1 aromatic heterocycles. The lowest BCUT2D eigenvalue weighted by Gasteiger charge is -2.13. The van der Waals surface area contributed by atoms with E-state index in [1.807, 2.05) is 61.5 Å². The van der Waals surface area contributed by atoms with E-state index >= 15 is 0 Å². The van der Waals surface area contributed by atoms with Gasteiger partial charge in [0.1, 0.15) is 11.3 Å². The van der Waals surface area contributed by atoms with Crippen LogP contribution in [0.2, 0.25) is 0 Å². The molecular formula is C22H17BrN2O3. The van der Waals surface area contributed by atoms with E-state index < -0.39 is 0 Å². The summed E-state index contributed by atoms with van der Waals surface area (Å²) < 4.78 is 12.0. The predicted octanol–water partition coefficient (Wildman–Crippen LogP) is 5.83. The van der Waals surface area contributed by atoms with Crippen molar-refractivity contribution in [1.82, 2.24) is 4.98 Å². The zero-order chi connectivity index (χ0) is 19.7. The van der Waals surface area contributed by atoms with Gasteiger partial charge in [-0.1, -0.05) is 34.1 Å². The van der Waals surface area contributed by atoms with Gasteiger partial charge in [-0.2, -0.15) is 0 Å². The molecule has 0 aliphatic rings. The zero-order valence-electron chi connectivity index (χ0n) is 15.3. The van der Waals surface area contributed by atoms with E-state index in [2.05, 4.69) is 26.2 Å². The molecule has 6 heteroatoms. The van der Waals surface area contributed by atoms with Crippen molar-refractivity contribution in [3.05, 3.63) is 76.3 Å². The van der Waals surface area contributed by atoms with Crippen LogP contribution in [0.5, 0.6) is 5.75 Å². The minimum atomic E-state index is -0.254. The first-order valence-electron chi connectivity index (χ1n) is 8.66. The highest BCUT2D eigenvalue weighted by atomic mass is 79.9. The van der Waals surface area contributed by atoms with Crippen molar-refractivity contribution in [2.75, 3.05) is 12.4 Å². The van der Waals surface area contributed by atoms with E-state index in [9.17, 15) is 4.79 Å². The molecule has 0 aliphatic heterocycles. The maximum atomic E-state index is 12.8. The summed E-state index contributed by atoms with van der Waals surface area (Å²) in [6, 6.07) is 18.6. The van der Waals surface area contributed by atoms with E-state index in [0.717, 1.165) is 26.7 Å². The molecule has 0 spiro atoms. The lowest BCUT2D eigenvalue weighted by molar-refractivity contribution is 0.102. The Kier molecular flexibility index (Phi) is 4.88. The Morgan fingerprint density at radius 2 is 1.93 bits per heavy atom. The third-order valence-electron chi connectivity index (χ3n) is 4.35. The van der Waals surface area contributed by atoms with Crippen molar-refractivity contribution in [3.8, 4) is 17.2 Å². The molecule has 0 atom stereocenters. The number of carbonyl (C=O) groups is 1. The first-order valence-corrected chi connectivity index (χ1v) is 9.46. The van der Waals surface area contributed by atoms with Gasteiger partial charge in [-0.3, -0.25) is 4.79 Å². The summed E-state index contributed by atoms with van der Waals surface area (Å²) >= 11 is 3.43. The van der Waals surface area contributed by atoms with Crippen molar-refractivity contribution in [1.29, 1.82) is 0 Å². The van der Waals surface area contributed by atoms with Crippen LogP contribution in [0.15, 0.2) is 69.6 Å². The lowest BCUT2D eigenvalue weighted by atomic mass is 10.1. The van der Waals surface area contributed by atoms with Crippen molar-refractivity contribution in [2.45, 2.75) is 6.92 Å². The van der Waals surface area contributed by atoms with E-state index in [0.29, 0.717) is 22.9 Å². The molecule has 0 radical (unpaired) electrons. The number of methoxy groups -OCH3 is 1. The molecule has 3 aromatic carbocycles. The number of hydrogen-bond donors (Lipinski definition) is 1. The number of rotatable bonds is 4. The number of benzene rings is 3. The van der Waals surface area contributed by atoms with Crippen LogP contribution in [0.25, 0.3) is 22.6 Å². The molecule has 0 bridgehead atoms. The average Bonchev–Trinajstić information content (AvgIpc) is 3.12. The number of hydrogen-bond acceptors (Lipinski definition) is 4. The smallest absolute Gasteiger partial charge is 0.259 e. The second-order valence-corrected chi connectivity index (χ2v) is 7.24. The summed E-state index contributed by atoms with van der Waals surface area (Å²) in [5.74, 6) is 0.806. The summed E-state index contributed by atoms with van der Waals surface area (Å²) in [6.45, 7) is 1.90. The number of anilines is 1. The Morgan fingerprint density at radius 3 is 2.71 bits per heavy atom. The van der Waals surface area contributed by atoms with Gasteiger partial charge in [-0.15, -0.1) is 0 Å². The molecule has 140 valence electrons. The van der Waals surface area contributed by atoms with Crippen molar-refractivity contribution < 1.29 is 13.9 Å². The molecule has 1 amide bonds. The minimum absolute atomic E-state index is 0.254. The number of fused-ring (bicyclic) bond motifs is 1. The standard InChI is InChI=1S/C22H17BrN2O3/c1-13-10-15(23)12-17(20(13)27-2)21(26)24-16-7-5-6-14(11-16)22-25-18-8-3-4-9-19(18)28-22/h3-12H,1-2H3,(H,24,26). The largest absolute Gasteiger partial charge is 0.496 e. The summed E-state index contributed by atoms with van der Waals surface area (Å²) in [5, 5.41) is 2.92. The molecule has 0 saturated carbocycles. The molecule has 1 heterocycles. The van der Waals surface area contributed by atoms with Crippen molar-refractivity contribution in [3.63, 3.8) is 0 Å². The number of para-hydroxylation sites is 2. The van der Waals surface area contributed by atoms with Crippen LogP contribution in [0.1, 0.15) is 15.9 Å². The van der Waals surface area contributed by atoms with E-state index in [4.69, 9.17) is 9.15 Å². The molecule has 1 N–H and O–H groups in total. The Labute approximate surface area is 170 Å². The summed E-state index contributed by atoms with van der Waals surface area (Å²) in [7, 11) is 1.56. The monoisotopic (exact) mass is 436 g/mol. The molecule has 5 nitrogen and oxygen atoms in total. The number of oxazole rings is 1. The summed E-state index contributed by atoms with van der Waals surface area (Å²) in [5.41, 5.74) is 4.28. The van der Waals surface area contributed by atoms with Gasteiger partial charge in [0, 0.05) is 15.7 Å². The van der Waals surface area contributed by atoms with Crippen LogP contribution >= 0.6 is 15.9 Å². The normalized spacial score (nSPS) is 10.8. The van der Waals surface area contributed by atoms with Gasteiger partial charge in [0.2, 0.25) is 5.89 Å². The van der Waals surface area contributed by atoms with Crippen molar-refractivity contribution >= 4 is 38.6 Å². The molecule has 0 aliphatic carbocycles. The quantitative estimate of drug-likeness (QED) is 0.437. The van der Waals surface area contributed by atoms with Gasteiger partial charge < -0.3 is 14.5 Å². The highest BCUT2D eigenvalue weighted by Crippen LogP contribution is 2.30. The third kappa shape index (κ3) is 3.51. The SMILES string of the molecule is COc1c(C)cc(Br)cc1C(=O)Nc1cccc(-c2nc3ccccc3o2)c1. The maximum absolute atomic E-state index is 12.8. The van der Waals surface area contributed by atoms with E-state index in [1.165, 1.54) is 0 Å². The average molecular weight is 437 g/mol. The maximum Gasteiger partial charge on any atom is 0.259 e. The molecule has 0 saturated heterocycles. The number of aryl methyl sites for hydroxylation is 1. The number of halogens is 1. The van der Waals surface area contributed by atoms with Crippen LogP contribution in [0, 0.1) is 6.92 Å². The topological polar surface area (TPSA) is 64.4 Å². The summed E-state index contributed by atoms with van der Waals surface area (Å²) in [4.78, 5) is 17.3. The second kappa shape index (κ2) is 7.48. The highest BCUT2D eigenvalue weighted by molar-refractivity contribution is 9.10. The molecule has 4 aromatic rings. The van der Waals surface area contributed by atoms with Gasteiger partial charge in [0.15, 0.2) is 5.58 Å². The number of aromatic nitrogens is 1. The van der Waals surface area contributed by atoms with Crippen LogP contribution in [-0.2, 0) is 0 Å². The van der Waals surface area contributed by atoms with Gasteiger partial charge in [-0.05, 0) is 55.0 Å². The van der Waals surface area contributed by atoms with Crippen molar-refractivity contribution in [2.24, 2.45) is 0 Å². The van der Waals surface area contributed by atoms with Crippen LogP contribution in [0.4, 0.5) is 5.69 Å². The number of ether oxygens (including phenoxy) is 1. The number of carbonyl (C=O) groups excluding carboxylic acids is 1. The third-order valence-corrected chi connectivity index (χ3v) is 4.81. The van der Waals surface area contributed by atoms with E-state index in [-0.39, 0.29) is 5.91 Å². The molecule has 0 fully saturated rings. The van der Waals surface area contributed by atoms with Gasteiger partial charge in [0.05, 0.1) is 12.7 Å². The first-order chi connectivity index (χ1) is 13.5. The Morgan fingerprint density at radius 1 is 1.11 bits per heavy atom. The second-order valence-electron chi connectivity index (χ2n) is 6.33. The van der Waals surface area contributed by atoms with Crippen LogP contribution < -0.4 is 10.1 Å². The number of amides is 1. The fourth-order valence-corrected chi connectivity index (χ4v) is 3.67. The highest BCUT2D eigenvalue weighted by Gasteiger charge is 2.16. The molecule has 0 unspecified atom stereocenters. The molecule has 4 rings (SSSR count).